The predicted molar refractivity (Wildman–Crippen MR) is 132 cm³/mol. The van der Waals surface area contributed by atoms with E-state index in [1.54, 1.807) is 18.5 Å². The average Bonchev–Trinajstić information content (AvgIpc) is 3.38. The number of anilines is 1. The highest BCUT2D eigenvalue weighted by Crippen LogP contribution is 2.32. The van der Waals surface area contributed by atoms with Gasteiger partial charge in [0.1, 0.15) is 11.7 Å². The summed E-state index contributed by atoms with van der Waals surface area (Å²) < 4.78 is 0. The van der Waals surface area contributed by atoms with Gasteiger partial charge in [-0.05, 0) is 48.4 Å². The molecular weight excluding hydrogens is 426 g/mol. The monoisotopic (exact) mass is 457 g/mol. The molecule has 2 heterocycles. The third kappa shape index (κ3) is 5.25. The zero-order chi connectivity index (χ0) is 24.1. The number of pyridine rings is 1. The number of H-pyrrole nitrogens is 1. The van der Waals surface area contributed by atoms with Crippen LogP contribution in [0.3, 0.4) is 0 Å². The fraction of sp³-hybridized carbons (Fsp3) is 0.333. The largest absolute Gasteiger partial charge is 0.348 e. The highest BCUT2D eigenvalue weighted by Gasteiger charge is 2.35. The fourth-order valence-corrected chi connectivity index (χ4v) is 4.16. The molecule has 7 nitrogen and oxygen atoms in total. The first-order valence-corrected chi connectivity index (χ1v) is 11.6. The topological polar surface area (TPSA) is 91.0 Å². The van der Waals surface area contributed by atoms with Crippen LogP contribution in [0.15, 0.2) is 73.5 Å². The van der Waals surface area contributed by atoms with Crippen LogP contribution in [0, 0.1) is 0 Å². The van der Waals surface area contributed by atoms with E-state index in [1.165, 1.54) is 17.4 Å². The van der Waals surface area contributed by atoms with E-state index >= 15 is 0 Å². The molecule has 1 aliphatic rings. The van der Waals surface area contributed by atoms with Crippen LogP contribution in [-0.4, -0.2) is 32.8 Å². The highest BCUT2D eigenvalue weighted by atomic mass is 16.2. The number of amides is 2. The molecule has 2 aromatic heterocycles. The van der Waals surface area contributed by atoms with Crippen molar-refractivity contribution in [3.05, 3.63) is 90.3 Å². The predicted octanol–water partition coefficient (Wildman–Crippen LogP) is 4.72. The highest BCUT2D eigenvalue weighted by molar-refractivity contribution is 6.09. The standard InChI is InChI=1S/C27H31N5O2/c1-27(2,3)20-11-13-22(14-12-20)32(26(34)23-17-29-18-30-23)24(19-8-7-15-28-16-19)25(33)31-21-9-5-4-6-10-21/h5,7-9,11-18,21,24H,4,6,10H2,1-3H3,(H,29,30)(H,31,33)/t21-,24-/m1/s1. The number of hydrogen-bond donors (Lipinski definition) is 2. The summed E-state index contributed by atoms with van der Waals surface area (Å²) in [6.07, 6.45) is 13.2. The second kappa shape index (κ2) is 10.0. The first kappa shape index (κ1) is 23.4. The molecule has 1 aromatic carbocycles. The lowest BCUT2D eigenvalue weighted by Crippen LogP contribution is -2.47. The zero-order valence-electron chi connectivity index (χ0n) is 19.9. The summed E-state index contributed by atoms with van der Waals surface area (Å²) in [6, 6.07) is 10.4. The van der Waals surface area contributed by atoms with E-state index in [1.807, 2.05) is 36.4 Å². The van der Waals surface area contributed by atoms with Crippen molar-refractivity contribution in [2.45, 2.75) is 57.5 Å². The Morgan fingerprint density at radius 3 is 2.50 bits per heavy atom. The number of carbonyl (C=O) groups is 2. The number of aromatic nitrogens is 3. The third-order valence-electron chi connectivity index (χ3n) is 6.05. The quantitative estimate of drug-likeness (QED) is 0.524. The molecule has 0 aliphatic heterocycles. The van der Waals surface area contributed by atoms with Crippen LogP contribution in [0.1, 0.15) is 67.7 Å². The molecule has 34 heavy (non-hydrogen) atoms. The van der Waals surface area contributed by atoms with E-state index in [-0.39, 0.29) is 23.3 Å². The molecule has 1 aliphatic carbocycles. The van der Waals surface area contributed by atoms with Gasteiger partial charge < -0.3 is 10.3 Å². The lowest BCUT2D eigenvalue weighted by molar-refractivity contribution is -0.123. The number of nitrogens with zero attached hydrogens (tertiary/aromatic N) is 3. The number of carbonyl (C=O) groups excluding carboxylic acids is 2. The van der Waals surface area contributed by atoms with Gasteiger partial charge in [-0.3, -0.25) is 19.5 Å². The van der Waals surface area contributed by atoms with Crippen LogP contribution in [0.2, 0.25) is 0 Å². The number of rotatable bonds is 6. The van der Waals surface area contributed by atoms with Crippen molar-refractivity contribution in [1.29, 1.82) is 0 Å². The molecule has 176 valence electrons. The Labute approximate surface area is 200 Å². The third-order valence-corrected chi connectivity index (χ3v) is 6.05. The molecule has 2 amide bonds. The molecule has 0 saturated carbocycles. The van der Waals surface area contributed by atoms with Crippen LogP contribution in [0.4, 0.5) is 5.69 Å². The van der Waals surface area contributed by atoms with Gasteiger partial charge in [-0.25, -0.2) is 4.98 Å². The fourth-order valence-electron chi connectivity index (χ4n) is 4.16. The lowest BCUT2D eigenvalue weighted by atomic mass is 9.87. The molecule has 0 unspecified atom stereocenters. The molecule has 3 aromatic rings. The van der Waals surface area contributed by atoms with Gasteiger partial charge in [0.25, 0.3) is 5.91 Å². The Bertz CT molecular complexity index is 1130. The smallest absolute Gasteiger partial charge is 0.277 e. The van der Waals surface area contributed by atoms with Gasteiger partial charge >= 0.3 is 0 Å². The molecular formula is C27H31N5O2. The van der Waals surface area contributed by atoms with Crippen LogP contribution in [0.25, 0.3) is 0 Å². The van der Waals surface area contributed by atoms with Crippen molar-refractivity contribution in [3.63, 3.8) is 0 Å². The first-order valence-electron chi connectivity index (χ1n) is 11.6. The number of allylic oxidation sites excluding steroid dienone is 1. The van der Waals surface area contributed by atoms with Crippen molar-refractivity contribution in [2.75, 3.05) is 4.90 Å². The lowest BCUT2D eigenvalue weighted by Gasteiger charge is -2.32. The second-order valence-corrected chi connectivity index (χ2v) is 9.60. The van der Waals surface area contributed by atoms with Crippen molar-refractivity contribution >= 4 is 17.5 Å². The molecule has 0 bridgehead atoms. The molecule has 0 spiro atoms. The summed E-state index contributed by atoms with van der Waals surface area (Å²) in [5.41, 5.74) is 2.66. The summed E-state index contributed by atoms with van der Waals surface area (Å²) in [5, 5.41) is 3.13. The van der Waals surface area contributed by atoms with Crippen LogP contribution < -0.4 is 10.2 Å². The normalized spacial score (nSPS) is 16.6. The van der Waals surface area contributed by atoms with Gasteiger partial charge in [-0.15, -0.1) is 0 Å². The van der Waals surface area contributed by atoms with Gasteiger partial charge in [0, 0.05) is 29.7 Å². The first-order chi connectivity index (χ1) is 16.3. The molecule has 0 fully saturated rings. The summed E-state index contributed by atoms with van der Waals surface area (Å²) >= 11 is 0. The maximum Gasteiger partial charge on any atom is 0.277 e. The number of benzene rings is 1. The Morgan fingerprint density at radius 2 is 1.91 bits per heavy atom. The summed E-state index contributed by atoms with van der Waals surface area (Å²) in [7, 11) is 0. The van der Waals surface area contributed by atoms with Crippen molar-refractivity contribution < 1.29 is 9.59 Å². The van der Waals surface area contributed by atoms with Crippen molar-refractivity contribution in [2.24, 2.45) is 0 Å². The Kier molecular flexibility index (Phi) is 6.91. The zero-order valence-corrected chi connectivity index (χ0v) is 19.9. The van der Waals surface area contributed by atoms with Gasteiger partial charge in [0.2, 0.25) is 5.91 Å². The maximum absolute atomic E-state index is 13.7. The van der Waals surface area contributed by atoms with E-state index < -0.39 is 6.04 Å². The number of imidazole rings is 1. The molecule has 0 saturated heterocycles. The Morgan fingerprint density at radius 1 is 1.12 bits per heavy atom. The van der Waals surface area contributed by atoms with Crippen molar-refractivity contribution in [1.82, 2.24) is 20.3 Å². The van der Waals surface area contributed by atoms with Gasteiger partial charge in [0.15, 0.2) is 0 Å². The van der Waals surface area contributed by atoms with E-state index in [9.17, 15) is 9.59 Å². The van der Waals surface area contributed by atoms with Gasteiger partial charge in [-0.2, -0.15) is 0 Å². The minimum atomic E-state index is -0.902. The second-order valence-electron chi connectivity index (χ2n) is 9.60. The SMILES string of the molecule is CC(C)(C)c1ccc(N(C(=O)c2cnc[nH]2)[C@@H](C(=O)N[C@@H]2C=CCCC2)c2cccnc2)cc1. The van der Waals surface area contributed by atoms with Crippen LogP contribution >= 0.6 is 0 Å². The molecule has 4 rings (SSSR count). The molecule has 2 N–H and O–H groups in total. The van der Waals surface area contributed by atoms with E-state index in [2.05, 4.69) is 47.1 Å². The number of aromatic amines is 1. The van der Waals surface area contributed by atoms with E-state index in [4.69, 9.17) is 0 Å². The Balaban J connectivity index is 1.79. The number of hydrogen-bond acceptors (Lipinski definition) is 4. The van der Waals surface area contributed by atoms with Crippen molar-refractivity contribution in [3.8, 4) is 0 Å². The van der Waals surface area contributed by atoms with Crippen LogP contribution in [0.5, 0.6) is 0 Å². The Hall–Kier alpha value is -3.74. The maximum atomic E-state index is 13.7. The average molecular weight is 458 g/mol. The summed E-state index contributed by atoms with van der Waals surface area (Å²) in [5.74, 6) is -0.596. The summed E-state index contributed by atoms with van der Waals surface area (Å²) in [4.78, 5) is 40.1. The molecule has 7 heteroatoms. The minimum absolute atomic E-state index is 0.0375. The van der Waals surface area contributed by atoms with Crippen LogP contribution in [-0.2, 0) is 10.2 Å². The minimum Gasteiger partial charge on any atom is -0.348 e. The van der Waals surface area contributed by atoms with E-state index in [0.29, 0.717) is 16.9 Å². The van der Waals surface area contributed by atoms with Gasteiger partial charge in [0.05, 0.1) is 12.5 Å². The molecule has 2 atom stereocenters. The van der Waals surface area contributed by atoms with E-state index in [0.717, 1.165) is 24.8 Å². The number of nitrogens with one attached hydrogen (secondary N) is 2. The molecule has 0 radical (unpaired) electrons. The summed E-state index contributed by atoms with van der Waals surface area (Å²) in [6.45, 7) is 6.41. The van der Waals surface area contributed by atoms with Gasteiger partial charge in [-0.1, -0.05) is 51.1 Å².